The average Bonchev–Trinajstić information content (AvgIpc) is 2.52. The van der Waals surface area contributed by atoms with Gasteiger partial charge in [0.1, 0.15) is 0 Å². The zero-order valence-electron chi connectivity index (χ0n) is 16.2. The van der Waals surface area contributed by atoms with Crippen LogP contribution in [0.5, 0.6) is 0 Å². The number of rotatable bonds is 15. The minimum absolute atomic E-state index is 0.355. The van der Waals surface area contributed by atoms with Crippen molar-refractivity contribution in [1.29, 1.82) is 0 Å². The zero-order valence-corrected chi connectivity index (χ0v) is 18.0. The van der Waals surface area contributed by atoms with Crippen molar-refractivity contribution >= 4 is 25.9 Å². The summed E-state index contributed by atoms with van der Waals surface area (Å²) in [6, 6.07) is 2.36. The molecule has 0 fully saturated rings. The Morgan fingerprint density at radius 3 is 2.22 bits per heavy atom. The van der Waals surface area contributed by atoms with Crippen LogP contribution in [-0.4, -0.2) is 25.5 Å². The number of unbranched alkanes of at least 4 members (excludes halogenated alkanes) is 4. The molecule has 1 radical (unpaired) electrons. The Labute approximate surface area is 151 Å². The van der Waals surface area contributed by atoms with Gasteiger partial charge in [0.15, 0.2) is 5.12 Å². The van der Waals surface area contributed by atoms with E-state index in [1.54, 1.807) is 11.8 Å². The van der Waals surface area contributed by atoms with Gasteiger partial charge in [-0.3, -0.25) is 4.79 Å². The van der Waals surface area contributed by atoms with Gasteiger partial charge >= 0.3 is 0 Å². The molecule has 23 heavy (non-hydrogen) atoms. The molecule has 0 N–H and O–H groups in total. The lowest BCUT2D eigenvalue weighted by Gasteiger charge is -2.24. The van der Waals surface area contributed by atoms with Gasteiger partial charge in [0, 0.05) is 17.8 Å². The normalized spacial score (nSPS) is 14.2. The van der Waals surface area contributed by atoms with E-state index in [1.165, 1.54) is 37.8 Å². The van der Waals surface area contributed by atoms with Crippen molar-refractivity contribution in [3.8, 4) is 0 Å². The number of hydrogen-bond acceptors (Lipinski definition) is 3. The molecule has 0 aliphatic rings. The Balaban J connectivity index is 4.05. The summed E-state index contributed by atoms with van der Waals surface area (Å²) in [5, 5.41) is 0.757. The molecule has 2 unspecified atom stereocenters. The second-order valence-corrected chi connectivity index (χ2v) is 10.7. The largest absolute Gasteiger partial charge is 0.414 e. The van der Waals surface area contributed by atoms with Gasteiger partial charge in [0.05, 0.1) is 0 Å². The van der Waals surface area contributed by atoms with Gasteiger partial charge in [0.25, 0.3) is 0 Å². The summed E-state index contributed by atoms with van der Waals surface area (Å²) in [5.74, 6) is 0. The van der Waals surface area contributed by atoms with Crippen molar-refractivity contribution in [3.05, 3.63) is 0 Å². The van der Waals surface area contributed by atoms with E-state index in [9.17, 15) is 4.79 Å². The predicted octanol–water partition coefficient (Wildman–Crippen LogP) is 6.60. The minimum Gasteiger partial charge on any atom is -0.414 e. The van der Waals surface area contributed by atoms with E-state index >= 15 is 0 Å². The topological polar surface area (TPSA) is 26.3 Å². The van der Waals surface area contributed by atoms with E-state index in [0.29, 0.717) is 16.5 Å². The van der Waals surface area contributed by atoms with E-state index in [4.69, 9.17) is 4.43 Å². The molecule has 0 spiro atoms. The van der Waals surface area contributed by atoms with Gasteiger partial charge in [-0.1, -0.05) is 78.5 Å². The first kappa shape index (κ1) is 23.2. The molecule has 0 heterocycles. The third-order valence-corrected chi connectivity index (χ3v) is 7.45. The van der Waals surface area contributed by atoms with E-state index in [0.717, 1.165) is 32.1 Å². The van der Waals surface area contributed by atoms with Crippen LogP contribution in [0.15, 0.2) is 0 Å². The third-order valence-electron chi connectivity index (χ3n) is 4.14. The molecule has 4 heteroatoms. The van der Waals surface area contributed by atoms with Crippen LogP contribution in [0, 0.1) is 0 Å². The highest BCUT2D eigenvalue weighted by atomic mass is 32.2. The Bertz CT molecular complexity index is 283. The number of carbonyl (C=O) groups is 1. The molecule has 0 saturated heterocycles. The smallest absolute Gasteiger partial charge is 0.211 e. The predicted molar refractivity (Wildman–Crippen MR) is 107 cm³/mol. The third kappa shape index (κ3) is 13.2. The molecular weight excluding hydrogens is 320 g/mol. The second kappa shape index (κ2) is 15.7. The highest BCUT2D eigenvalue weighted by Crippen LogP contribution is 2.24. The van der Waals surface area contributed by atoms with Crippen LogP contribution in [0.4, 0.5) is 0 Å². The van der Waals surface area contributed by atoms with Crippen molar-refractivity contribution in [3.63, 3.8) is 0 Å². The molecule has 0 rings (SSSR count). The van der Waals surface area contributed by atoms with Gasteiger partial charge in [-0.05, 0) is 31.4 Å². The number of carbonyl (C=O) groups excluding carboxylic acids is 1. The molecule has 0 amide bonds. The Morgan fingerprint density at radius 1 is 1.00 bits per heavy atom. The maximum Gasteiger partial charge on any atom is 0.211 e. The summed E-state index contributed by atoms with van der Waals surface area (Å²) in [7, 11) is -0.634. The Hall–Kier alpha value is 0.197. The van der Waals surface area contributed by atoms with Crippen LogP contribution in [0.2, 0.25) is 12.1 Å². The van der Waals surface area contributed by atoms with Crippen LogP contribution in [0.3, 0.4) is 0 Å². The molecule has 0 aliphatic heterocycles. The first-order chi connectivity index (χ1) is 11.1. The van der Waals surface area contributed by atoms with Crippen LogP contribution in [0.1, 0.15) is 92.4 Å². The summed E-state index contributed by atoms with van der Waals surface area (Å²) in [6.07, 6.45) is 10.5. The summed E-state index contributed by atoms with van der Waals surface area (Å²) in [4.78, 5) is 12.1. The molecule has 2 atom stereocenters. The van der Waals surface area contributed by atoms with Crippen molar-refractivity contribution in [2.75, 3.05) is 0 Å². The minimum atomic E-state index is -0.634. The molecule has 0 bridgehead atoms. The van der Waals surface area contributed by atoms with Gasteiger partial charge in [-0.25, -0.2) is 0 Å². The zero-order chi connectivity index (χ0) is 17.5. The standard InChI is InChI=1S/C19H39O2SSi/c1-6-10-11-12-13-15-19(20)22-17(5)16-18(14-7-2)21-23(8-3)9-4/h17-18H,6-16H2,1-5H3. The summed E-state index contributed by atoms with van der Waals surface area (Å²) >= 11 is 1.55. The van der Waals surface area contributed by atoms with E-state index < -0.39 is 9.04 Å². The number of hydrogen-bond donors (Lipinski definition) is 0. The molecular formula is C19H39O2SSi. The summed E-state index contributed by atoms with van der Waals surface area (Å²) in [5.41, 5.74) is 0. The highest BCUT2D eigenvalue weighted by Gasteiger charge is 2.20. The van der Waals surface area contributed by atoms with Crippen LogP contribution in [0.25, 0.3) is 0 Å². The van der Waals surface area contributed by atoms with Gasteiger partial charge in [0.2, 0.25) is 9.04 Å². The summed E-state index contributed by atoms with van der Waals surface area (Å²) in [6.45, 7) is 11.1. The molecule has 0 saturated carbocycles. The number of thioether (sulfide) groups is 1. The van der Waals surface area contributed by atoms with Crippen LogP contribution in [-0.2, 0) is 9.22 Å². The quantitative estimate of drug-likeness (QED) is 0.243. The molecule has 137 valence electrons. The molecule has 0 aromatic carbocycles. The average molecular weight is 360 g/mol. The van der Waals surface area contributed by atoms with Gasteiger partial charge < -0.3 is 4.43 Å². The lowest BCUT2D eigenvalue weighted by molar-refractivity contribution is -0.111. The van der Waals surface area contributed by atoms with E-state index in [-0.39, 0.29) is 0 Å². The lowest BCUT2D eigenvalue weighted by Crippen LogP contribution is -2.27. The first-order valence-electron chi connectivity index (χ1n) is 9.77. The fraction of sp³-hybridized carbons (Fsp3) is 0.947. The maximum atomic E-state index is 12.1. The second-order valence-electron chi connectivity index (χ2n) is 6.47. The maximum absolute atomic E-state index is 12.1. The monoisotopic (exact) mass is 359 g/mol. The van der Waals surface area contributed by atoms with Crippen LogP contribution >= 0.6 is 11.8 Å². The van der Waals surface area contributed by atoms with Crippen molar-refractivity contribution in [1.82, 2.24) is 0 Å². The highest BCUT2D eigenvalue weighted by molar-refractivity contribution is 8.14. The van der Waals surface area contributed by atoms with Gasteiger partial charge in [-0.2, -0.15) is 0 Å². The fourth-order valence-corrected chi connectivity index (χ4v) is 5.31. The SMILES string of the molecule is CCCCCCCC(=O)SC(C)CC(CCC)O[Si](CC)CC. The van der Waals surface area contributed by atoms with Gasteiger partial charge in [-0.15, -0.1) is 0 Å². The summed E-state index contributed by atoms with van der Waals surface area (Å²) < 4.78 is 6.34. The lowest BCUT2D eigenvalue weighted by atomic mass is 10.1. The van der Waals surface area contributed by atoms with Crippen molar-refractivity contribution < 1.29 is 9.22 Å². The molecule has 0 aliphatic carbocycles. The van der Waals surface area contributed by atoms with E-state index in [2.05, 4.69) is 34.6 Å². The fourth-order valence-electron chi connectivity index (χ4n) is 2.77. The Kier molecular flexibility index (Phi) is 15.8. The van der Waals surface area contributed by atoms with Crippen LogP contribution < -0.4 is 0 Å². The molecule has 0 aromatic heterocycles. The van der Waals surface area contributed by atoms with Crippen molar-refractivity contribution in [2.24, 2.45) is 0 Å². The Morgan fingerprint density at radius 2 is 1.65 bits per heavy atom. The first-order valence-corrected chi connectivity index (χ1v) is 12.5. The van der Waals surface area contributed by atoms with Crippen molar-refractivity contribution in [2.45, 2.75) is 116 Å². The molecule has 0 aromatic rings. The van der Waals surface area contributed by atoms with E-state index in [1.807, 2.05) is 0 Å². The molecule has 2 nitrogen and oxygen atoms in total.